The van der Waals surface area contributed by atoms with Crippen LogP contribution in [0.2, 0.25) is 5.15 Å². The number of rotatable bonds is 1. The van der Waals surface area contributed by atoms with E-state index in [4.69, 9.17) is 11.6 Å². The van der Waals surface area contributed by atoms with Crippen molar-refractivity contribution in [2.45, 2.75) is 0 Å². The van der Waals surface area contributed by atoms with E-state index in [1.54, 1.807) is 0 Å². The molecule has 78 valence electrons. The van der Waals surface area contributed by atoms with Gasteiger partial charge in [-0.15, -0.1) is 0 Å². The molecule has 0 saturated heterocycles. The Balaban J connectivity index is 2.57. The molecule has 0 amide bonds. The van der Waals surface area contributed by atoms with Gasteiger partial charge in [-0.1, -0.05) is 11.6 Å². The molecule has 2 aromatic rings. The van der Waals surface area contributed by atoms with Gasteiger partial charge < -0.3 is 0 Å². The first-order chi connectivity index (χ1) is 7.16. The molecule has 0 aliphatic carbocycles. The van der Waals surface area contributed by atoms with Gasteiger partial charge in [0.2, 0.25) is 0 Å². The van der Waals surface area contributed by atoms with Gasteiger partial charge in [0, 0.05) is 16.6 Å². The minimum absolute atomic E-state index is 0.0756. The lowest BCUT2D eigenvalue weighted by Crippen LogP contribution is -1.93. The van der Waals surface area contributed by atoms with Crippen molar-refractivity contribution < 1.29 is 8.78 Å². The maximum Gasteiger partial charge on any atom is 0.179 e. The highest BCUT2D eigenvalue weighted by Crippen LogP contribution is 2.19. The standard InChI is InChI=1S/C8H3ClF2N2S2/c9-7-8(14-15-13-7)12-6-3-4(10)1-2-5(6)11/h1-3H. The van der Waals surface area contributed by atoms with E-state index in [1.807, 2.05) is 0 Å². The molecule has 0 bridgehead atoms. The van der Waals surface area contributed by atoms with Gasteiger partial charge in [0.05, 0.1) is 0 Å². The fraction of sp³-hybridized carbons (Fsp3) is 0. The molecule has 2 rings (SSSR count). The Morgan fingerprint density at radius 3 is 2.80 bits per heavy atom. The molecule has 1 aromatic carbocycles. The molecule has 0 aliphatic heterocycles. The Kier molecular flexibility index (Phi) is 3.08. The molecule has 0 fully saturated rings. The maximum atomic E-state index is 13.2. The van der Waals surface area contributed by atoms with Crippen molar-refractivity contribution in [2.75, 3.05) is 0 Å². The van der Waals surface area contributed by atoms with E-state index in [2.05, 4.69) is 9.37 Å². The number of hydrogen-bond acceptors (Lipinski definition) is 4. The molecule has 2 nitrogen and oxygen atoms in total. The van der Waals surface area contributed by atoms with Gasteiger partial charge in [-0.3, -0.25) is 0 Å². The van der Waals surface area contributed by atoms with Gasteiger partial charge in [0.25, 0.3) is 0 Å². The van der Waals surface area contributed by atoms with Crippen LogP contribution < -0.4 is 4.67 Å². The number of benzene rings is 1. The SMILES string of the molecule is Fc1ccc(F)c(N=c2ssnc2Cl)c1. The third-order valence-electron chi connectivity index (χ3n) is 1.54. The molecule has 1 aromatic heterocycles. The Labute approximate surface area is 96.1 Å². The number of aromatic nitrogens is 1. The highest BCUT2D eigenvalue weighted by Gasteiger charge is 2.03. The lowest BCUT2D eigenvalue weighted by molar-refractivity contribution is 0.601. The van der Waals surface area contributed by atoms with E-state index < -0.39 is 11.6 Å². The molecule has 15 heavy (non-hydrogen) atoms. The summed E-state index contributed by atoms with van der Waals surface area (Å²) in [5, 5.41) is 0.202. The van der Waals surface area contributed by atoms with Crippen LogP contribution in [0.4, 0.5) is 14.5 Å². The van der Waals surface area contributed by atoms with Gasteiger partial charge in [-0.05, 0) is 22.5 Å². The Morgan fingerprint density at radius 2 is 2.13 bits per heavy atom. The topological polar surface area (TPSA) is 25.2 Å². The fourth-order valence-corrected chi connectivity index (χ4v) is 2.89. The molecule has 0 radical (unpaired) electrons. The van der Waals surface area contributed by atoms with Crippen molar-refractivity contribution >= 4 is 38.2 Å². The van der Waals surface area contributed by atoms with Gasteiger partial charge >= 0.3 is 0 Å². The summed E-state index contributed by atoms with van der Waals surface area (Å²) in [6.07, 6.45) is 0. The molecule has 7 heteroatoms. The number of nitrogens with zero attached hydrogens (tertiary/aromatic N) is 2. The zero-order valence-electron chi connectivity index (χ0n) is 7.08. The molecule has 0 aliphatic rings. The van der Waals surface area contributed by atoms with E-state index >= 15 is 0 Å². The van der Waals surface area contributed by atoms with Crippen molar-refractivity contribution in [2.24, 2.45) is 4.99 Å². The second kappa shape index (κ2) is 4.34. The minimum atomic E-state index is -0.592. The predicted molar refractivity (Wildman–Crippen MR) is 56.6 cm³/mol. The zero-order chi connectivity index (χ0) is 10.8. The fourth-order valence-electron chi connectivity index (χ4n) is 0.906. The quantitative estimate of drug-likeness (QED) is 0.725. The molecule has 0 atom stereocenters. The van der Waals surface area contributed by atoms with Crippen molar-refractivity contribution in [1.82, 2.24) is 4.37 Å². The van der Waals surface area contributed by atoms with Gasteiger partial charge in [0.15, 0.2) is 9.82 Å². The van der Waals surface area contributed by atoms with Crippen LogP contribution >= 0.6 is 32.5 Å². The van der Waals surface area contributed by atoms with Crippen LogP contribution in [-0.4, -0.2) is 4.37 Å². The summed E-state index contributed by atoms with van der Waals surface area (Å²) >= 11 is 5.68. The second-order valence-corrected chi connectivity index (χ2v) is 4.74. The van der Waals surface area contributed by atoms with Crippen molar-refractivity contribution in [3.63, 3.8) is 0 Å². The van der Waals surface area contributed by atoms with Crippen LogP contribution in [0.15, 0.2) is 23.2 Å². The van der Waals surface area contributed by atoms with Crippen LogP contribution in [-0.2, 0) is 0 Å². The number of halogens is 3. The molecule has 0 unspecified atom stereocenters. The first-order valence-corrected chi connectivity index (χ1v) is 6.26. The van der Waals surface area contributed by atoms with Crippen molar-refractivity contribution in [3.05, 3.63) is 39.7 Å². The molecule has 1 heterocycles. The summed E-state index contributed by atoms with van der Waals surface area (Å²) in [4.78, 5) is 3.88. The minimum Gasteiger partial charge on any atom is -0.231 e. The normalized spacial score (nSPS) is 12.1. The Bertz CT molecular complexity index is 550. The van der Waals surface area contributed by atoms with E-state index in [9.17, 15) is 8.78 Å². The van der Waals surface area contributed by atoms with Gasteiger partial charge in [-0.25, -0.2) is 13.8 Å². The molecule has 0 N–H and O–H groups in total. The highest BCUT2D eigenvalue weighted by molar-refractivity contribution is 7.66. The number of hydrogen-bond donors (Lipinski definition) is 0. The monoisotopic (exact) mass is 264 g/mol. The average Bonchev–Trinajstić information content (AvgIpc) is 2.58. The predicted octanol–water partition coefficient (Wildman–Crippen LogP) is 3.37. The average molecular weight is 265 g/mol. The zero-order valence-corrected chi connectivity index (χ0v) is 9.47. The summed E-state index contributed by atoms with van der Waals surface area (Å²) in [7, 11) is 2.35. The molecular weight excluding hydrogens is 262 g/mol. The lowest BCUT2D eigenvalue weighted by atomic mass is 10.3. The van der Waals surface area contributed by atoms with Crippen LogP contribution in [0, 0.1) is 11.6 Å². The van der Waals surface area contributed by atoms with Gasteiger partial charge in [0.1, 0.15) is 17.3 Å². The smallest absolute Gasteiger partial charge is 0.179 e. The lowest BCUT2D eigenvalue weighted by Gasteiger charge is -1.94. The summed E-state index contributed by atoms with van der Waals surface area (Å²) in [6, 6.07) is 3.06. The van der Waals surface area contributed by atoms with E-state index in [0.717, 1.165) is 28.7 Å². The largest absolute Gasteiger partial charge is 0.231 e. The Hall–Kier alpha value is -0.850. The van der Waals surface area contributed by atoms with Crippen LogP contribution in [0.25, 0.3) is 0 Å². The first kappa shape index (κ1) is 10.7. The van der Waals surface area contributed by atoms with Crippen LogP contribution in [0.5, 0.6) is 0 Å². The molecule has 0 saturated carbocycles. The van der Waals surface area contributed by atoms with Crippen LogP contribution in [0.1, 0.15) is 0 Å². The highest BCUT2D eigenvalue weighted by atomic mass is 35.5. The molecule has 0 spiro atoms. The van der Waals surface area contributed by atoms with Crippen molar-refractivity contribution in [3.8, 4) is 0 Å². The summed E-state index contributed by atoms with van der Waals surface area (Å²) < 4.78 is 30.1. The summed E-state index contributed by atoms with van der Waals surface area (Å²) in [5.41, 5.74) is -0.0756. The maximum absolute atomic E-state index is 13.2. The molecular formula is C8H3ClF2N2S2. The summed E-state index contributed by atoms with van der Waals surface area (Å²) in [5.74, 6) is -1.13. The third-order valence-corrected chi connectivity index (χ3v) is 3.71. The second-order valence-electron chi connectivity index (χ2n) is 2.55. The Morgan fingerprint density at radius 1 is 1.33 bits per heavy atom. The van der Waals surface area contributed by atoms with Crippen LogP contribution in [0.3, 0.4) is 0 Å². The van der Waals surface area contributed by atoms with E-state index in [1.165, 1.54) is 10.3 Å². The van der Waals surface area contributed by atoms with E-state index in [-0.39, 0.29) is 10.8 Å². The third kappa shape index (κ3) is 2.39. The first-order valence-electron chi connectivity index (χ1n) is 3.78. The van der Waals surface area contributed by atoms with E-state index in [0.29, 0.717) is 4.67 Å². The van der Waals surface area contributed by atoms with Gasteiger partial charge in [-0.2, -0.15) is 4.37 Å². The van der Waals surface area contributed by atoms with Crippen molar-refractivity contribution in [1.29, 1.82) is 0 Å². The summed E-state index contributed by atoms with van der Waals surface area (Å²) in [6.45, 7) is 0.